The van der Waals surface area contributed by atoms with Gasteiger partial charge in [-0.15, -0.1) is 0 Å². The minimum absolute atomic E-state index is 0.0208. The largest absolute Gasteiger partial charge is 0.432 e. The van der Waals surface area contributed by atoms with Crippen molar-refractivity contribution in [2.45, 2.75) is 0 Å². The monoisotopic (exact) mass is 203 g/mol. The Hall–Kier alpha value is -1.11. The first-order valence-corrected chi connectivity index (χ1v) is 3.61. The van der Waals surface area contributed by atoms with Gasteiger partial charge in [-0.3, -0.25) is 10.1 Å². The van der Waals surface area contributed by atoms with Crippen LogP contribution in [0.3, 0.4) is 0 Å². The summed E-state index contributed by atoms with van der Waals surface area (Å²) in [6.07, 6.45) is 0. The van der Waals surface area contributed by atoms with Crippen molar-refractivity contribution in [1.29, 1.82) is 0 Å². The fourth-order valence-electron chi connectivity index (χ4n) is 0.590. The molecule has 0 spiro atoms. The average Bonchev–Trinajstić information content (AvgIpc) is 2.05. The maximum atomic E-state index is 10.1. The standard InChI is InChI=1S/C6H4ClNO2.BH3O2/c7-5-2-1-3-6(4-5)8(9)10;2-1-3/h1-4H;1-3H. The van der Waals surface area contributed by atoms with E-state index in [0.717, 1.165) is 0 Å². The summed E-state index contributed by atoms with van der Waals surface area (Å²) in [4.78, 5) is 9.62. The van der Waals surface area contributed by atoms with Gasteiger partial charge in [0.05, 0.1) is 4.92 Å². The summed E-state index contributed by atoms with van der Waals surface area (Å²) >= 11 is 5.48. The van der Waals surface area contributed by atoms with Gasteiger partial charge >= 0.3 is 7.69 Å². The number of halogens is 1. The minimum atomic E-state index is -0.750. The Morgan fingerprint density at radius 1 is 1.46 bits per heavy atom. The zero-order valence-corrected chi connectivity index (χ0v) is 7.31. The van der Waals surface area contributed by atoms with Crippen LogP contribution in [-0.2, 0) is 0 Å². The Labute approximate surface area is 80.0 Å². The van der Waals surface area contributed by atoms with E-state index >= 15 is 0 Å². The van der Waals surface area contributed by atoms with Crippen molar-refractivity contribution < 1.29 is 15.0 Å². The van der Waals surface area contributed by atoms with E-state index in [1.54, 1.807) is 12.1 Å². The molecule has 0 bridgehead atoms. The van der Waals surface area contributed by atoms with Crippen LogP contribution in [0.2, 0.25) is 5.02 Å². The molecule has 0 fully saturated rings. The molecule has 0 aliphatic rings. The minimum Gasteiger partial charge on any atom is -0.430 e. The van der Waals surface area contributed by atoms with Crippen LogP contribution in [0.25, 0.3) is 0 Å². The first kappa shape index (κ1) is 11.9. The molecule has 0 atom stereocenters. The number of rotatable bonds is 1. The summed E-state index contributed by atoms with van der Waals surface area (Å²) < 4.78 is 0. The lowest BCUT2D eigenvalue weighted by atomic mass is 10.3. The molecule has 1 rings (SSSR count). The lowest BCUT2D eigenvalue weighted by Crippen LogP contribution is -1.85. The maximum absolute atomic E-state index is 10.1. The second kappa shape index (κ2) is 6.42. The molecular weight excluding hydrogens is 196 g/mol. The second-order valence-electron chi connectivity index (χ2n) is 1.88. The zero-order valence-electron chi connectivity index (χ0n) is 6.55. The normalized spacial score (nSPS) is 8.23. The summed E-state index contributed by atoms with van der Waals surface area (Å²) in [5, 5.41) is 24.7. The molecule has 0 saturated heterocycles. The first-order chi connectivity index (χ1) is 6.11. The maximum Gasteiger partial charge on any atom is 0.432 e. The van der Waals surface area contributed by atoms with E-state index in [-0.39, 0.29) is 5.69 Å². The summed E-state index contributed by atoms with van der Waals surface area (Å²) in [6.45, 7) is 0. The Morgan fingerprint density at radius 2 is 2.00 bits per heavy atom. The van der Waals surface area contributed by atoms with Crippen molar-refractivity contribution >= 4 is 25.0 Å². The molecule has 0 saturated carbocycles. The molecular formula is C6H7BClNO4. The Morgan fingerprint density at radius 3 is 2.31 bits per heavy atom. The van der Waals surface area contributed by atoms with Crippen molar-refractivity contribution in [3.8, 4) is 0 Å². The number of benzene rings is 1. The van der Waals surface area contributed by atoms with Gasteiger partial charge < -0.3 is 10.0 Å². The molecule has 0 aromatic heterocycles. The Balaban J connectivity index is 0.000000424. The quantitative estimate of drug-likeness (QED) is 0.395. The lowest BCUT2D eigenvalue weighted by molar-refractivity contribution is -0.384. The van der Waals surface area contributed by atoms with E-state index in [2.05, 4.69) is 0 Å². The SMILES string of the molecule is O=[N+]([O-])c1cccc(Cl)c1.OBO. The summed E-state index contributed by atoms with van der Waals surface area (Å²) in [7, 11) is -0.750. The van der Waals surface area contributed by atoms with E-state index in [1.165, 1.54) is 12.1 Å². The van der Waals surface area contributed by atoms with Crippen LogP contribution in [0.15, 0.2) is 24.3 Å². The second-order valence-corrected chi connectivity index (χ2v) is 2.31. The van der Waals surface area contributed by atoms with Crippen molar-refractivity contribution in [2.24, 2.45) is 0 Å². The van der Waals surface area contributed by atoms with Crippen LogP contribution in [0, 0.1) is 10.1 Å². The fourth-order valence-corrected chi connectivity index (χ4v) is 0.774. The Kier molecular flexibility index (Phi) is 5.87. The molecule has 7 heteroatoms. The predicted octanol–water partition coefficient (Wildman–Crippen LogP) is 0.486. The third-order valence-electron chi connectivity index (χ3n) is 1.02. The summed E-state index contributed by atoms with van der Waals surface area (Å²) in [5.74, 6) is 0. The third-order valence-corrected chi connectivity index (χ3v) is 1.25. The average molecular weight is 203 g/mol. The molecule has 1 aromatic carbocycles. The van der Waals surface area contributed by atoms with Gasteiger partial charge in [0.15, 0.2) is 0 Å². The van der Waals surface area contributed by atoms with E-state index in [9.17, 15) is 10.1 Å². The van der Waals surface area contributed by atoms with Crippen LogP contribution < -0.4 is 0 Å². The van der Waals surface area contributed by atoms with E-state index < -0.39 is 12.6 Å². The number of hydrogen-bond acceptors (Lipinski definition) is 4. The molecule has 0 heterocycles. The number of nitrogens with zero attached hydrogens (tertiary/aromatic N) is 1. The highest BCUT2D eigenvalue weighted by atomic mass is 35.5. The highest BCUT2D eigenvalue weighted by Gasteiger charge is 2.02. The van der Waals surface area contributed by atoms with Gasteiger partial charge in [0, 0.05) is 17.2 Å². The van der Waals surface area contributed by atoms with Crippen LogP contribution in [0.1, 0.15) is 0 Å². The van der Waals surface area contributed by atoms with Crippen molar-refractivity contribution in [1.82, 2.24) is 0 Å². The predicted molar refractivity (Wildman–Crippen MR) is 49.7 cm³/mol. The molecule has 0 amide bonds. The third kappa shape index (κ3) is 5.18. The van der Waals surface area contributed by atoms with Gasteiger partial charge in [-0.1, -0.05) is 17.7 Å². The zero-order chi connectivity index (χ0) is 10.3. The molecule has 1 aromatic rings. The summed E-state index contributed by atoms with van der Waals surface area (Å²) in [6, 6.07) is 5.84. The van der Waals surface area contributed by atoms with Gasteiger partial charge in [-0.25, -0.2) is 0 Å². The van der Waals surface area contributed by atoms with Gasteiger partial charge in [0.25, 0.3) is 5.69 Å². The van der Waals surface area contributed by atoms with E-state index in [0.29, 0.717) is 5.02 Å². The molecule has 5 nitrogen and oxygen atoms in total. The number of nitro benzene ring substituents is 1. The molecule has 13 heavy (non-hydrogen) atoms. The molecule has 0 radical (unpaired) electrons. The molecule has 0 aliphatic heterocycles. The van der Waals surface area contributed by atoms with Gasteiger partial charge in [0.1, 0.15) is 0 Å². The molecule has 0 aliphatic carbocycles. The highest BCUT2D eigenvalue weighted by molar-refractivity contribution is 6.30. The lowest BCUT2D eigenvalue weighted by Gasteiger charge is -1.89. The topological polar surface area (TPSA) is 83.6 Å². The van der Waals surface area contributed by atoms with Gasteiger partial charge in [0.2, 0.25) is 0 Å². The molecule has 0 unspecified atom stereocenters. The van der Waals surface area contributed by atoms with Crippen LogP contribution in [-0.4, -0.2) is 22.7 Å². The fraction of sp³-hybridized carbons (Fsp3) is 0. The Bertz CT molecular complexity index is 283. The van der Waals surface area contributed by atoms with Crippen LogP contribution in [0.4, 0.5) is 5.69 Å². The van der Waals surface area contributed by atoms with Gasteiger partial charge in [-0.2, -0.15) is 0 Å². The number of hydrogen-bond donors (Lipinski definition) is 2. The highest BCUT2D eigenvalue weighted by Crippen LogP contribution is 2.16. The van der Waals surface area contributed by atoms with Crippen LogP contribution >= 0.6 is 11.6 Å². The van der Waals surface area contributed by atoms with Gasteiger partial charge in [-0.05, 0) is 6.07 Å². The number of nitro groups is 1. The smallest absolute Gasteiger partial charge is 0.430 e. The first-order valence-electron chi connectivity index (χ1n) is 3.23. The van der Waals surface area contributed by atoms with E-state index in [4.69, 9.17) is 21.6 Å². The van der Waals surface area contributed by atoms with Crippen molar-refractivity contribution in [3.63, 3.8) is 0 Å². The molecule has 70 valence electrons. The summed E-state index contributed by atoms with van der Waals surface area (Å²) in [5.41, 5.74) is 0.0208. The van der Waals surface area contributed by atoms with Crippen LogP contribution in [0.5, 0.6) is 0 Å². The number of non-ortho nitro benzene ring substituents is 1. The molecule has 2 N–H and O–H groups in total. The van der Waals surface area contributed by atoms with E-state index in [1.807, 2.05) is 0 Å². The van der Waals surface area contributed by atoms with Crippen molar-refractivity contribution in [2.75, 3.05) is 0 Å². The van der Waals surface area contributed by atoms with Crippen molar-refractivity contribution in [3.05, 3.63) is 39.4 Å².